The van der Waals surface area contributed by atoms with Crippen LogP contribution in [0.1, 0.15) is 67.4 Å². The van der Waals surface area contributed by atoms with Gasteiger partial charge in [0.15, 0.2) is 0 Å². The minimum Gasteiger partial charge on any atom is -0.491 e. The zero-order valence-corrected chi connectivity index (χ0v) is 21.2. The highest BCUT2D eigenvalue weighted by molar-refractivity contribution is 5.91. The van der Waals surface area contributed by atoms with Gasteiger partial charge in [0.2, 0.25) is 0 Å². The number of carbonyl (C=O) groups is 1. The van der Waals surface area contributed by atoms with Crippen LogP contribution in [-0.2, 0) is 11.2 Å². The highest BCUT2D eigenvalue weighted by atomic mass is 16.5. The first-order valence-electron chi connectivity index (χ1n) is 12.6. The van der Waals surface area contributed by atoms with Gasteiger partial charge >= 0.3 is 5.97 Å². The van der Waals surface area contributed by atoms with Crippen LogP contribution in [0.4, 0.5) is 5.69 Å². The number of ether oxygens (including phenoxy) is 2. The lowest BCUT2D eigenvalue weighted by molar-refractivity contribution is 0.0600. The summed E-state index contributed by atoms with van der Waals surface area (Å²) in [5.74, 6) is 7.76. The Balaban J connectivity index is 1.75. The summed E-state index contributed by atoms with van der Waals surface area (Å²) in [5.41, 5.74) is 4.29. The molecule has 0 bridgehead atoms. The monoisotopic (exact) mass is 461 g/mol. The van der Waals surface area contributed by atoms with Gasteiger partial charge in [-0.1, -0.05) is 43.2 Å². The van der Waals surface area contributed by atoms with Crippen molar-refractivity contribution in [3.63, 3.8) is 0 Å². The van der Waals surface area contributed by atoms with Crippen molar-refractivity contribution in [3.05, 3.63) is 59.2 Å². The first-order valence-corrected chi connectivity index (χ1v) is 12.6. The highest BCUT2D eigenvalue weighted by Gasteiger charge is 2.26. The number of benzene rings is 2. The number of esters is 1. The van der Waals surface area contributed by atoms with Gasteiger partial charge in [0.25, 0.3) is 0 Å². The minimum absolute atomic E-state index is 0.313. The van der Waals surface area contributed by atoms with E-state index in [4.69, 9.17) is 9.47 Å². The molecule has 0 aromatic heterocycles. The fourth-order valence-electron chi connectivity index (χ4n) is 4.75. The van der Waals surface area contributed by atoms with Gasteiger partial charge in [0.05, 0.1) is 25.0 Å². The van der Waals surface area contributed by atoms with Crippen LogP contribution in [0.2, 0.25) is 0 Å². The number of hydrogen-bond acceptors (Lipinski definition) is 4. The highest BCUT2D eigenvalue weighted by Crippen LogP contribution is 2.35. The molecule has 1 heterocycles. The third-order valence-electron chi connectivity index (χ3n) is 6.74. The predicted molar refractivity (Wildman–Crippen MR) is 140 cm³/mol. The Kier molecular flexibility index (Phi) is 9.89. The van der Waals surface area contributed by atoms with Crippen molar-refractivity contribution in [3.8, 4) is 17.6 Å². The molecule has 1 aliphatic rings. The first kappa shape index (κ1) is 25.7. The van der Waals surface area contributed by atoms with E-state index in [1.54, 1.807) is 6.07 Å². The number of methoxy groups -OCH3 is 1. The second-order valence-electron chi connectivity index (χ2n) is 9.38. The molecule has 0 saturated carbocycles. The smallest absolute Gasteiger partial charge is 0.337 e. The Bertz CT molecular complexity index is 1000. The van der Waals surface area contributed by atoms with Crippen molar-refractivity contribution in [1.29, 1.82) is 0 Å². The molecule has 2 aromatic rings. The summed E-state index contributed by atoms with van der Waals surface area (Å²) in [6.45, 7) is 8.88. The summed E-state index contributed by atoms with van der Waals surface area (Å²) in [6, 6.07) is 14.5. The minimum atomic E-state index is -0.313. The number of hydrogen-bond donors (Lipinski definition) is 0. The molecule has 2 unspecified atom stereocenters. The fourth-order valence-corrected chi connectivity index (χ4v) is 4.75. The Labute approximate surface area is 205 Å². The number of anilines is 1. The quantitative estimate of drug-likeness (QED) is 0.301. The van der Waals surface area contributed by atoms with Crippen LogP contribution >= 0.6 is 0 Å². The van der Waals surface area contributed by atoms with E-state index in [9.17, 15) is 4.79 Å². The van der Waals surface area contributed by atoms with E-state index in [1.807, 2.05) is 19.1 Å². The second-order valence-corrected chi connectivity index (χ2v) is 9.38. The van der Waals surface area contributed by atoms with E-state index >= 15 is 0 Å². The van der Waals surface area contributed by atoms with Crippen LogP contribution in [0.3, 0.4) is 0 Å². The zero-order chi connectivity index (χ0) is 24.3. The number of fused-ring (bicyclic) bond motifs is 1. The Morgan fingerprint density at radius 1 is 1.26 bits per heavy atom. The van der Waals surface area contributed by atoms with Gasteiger partial charge < -0.3 is 14.4 Å². The van der Waals surface area contributed by atoms with Crippen molar-refractivity contribution >= 4 is 11.7 Å². The summed E-state index contributed by atoms with van der Waals surface area (Å²) < 4.78 is 11.3. The molecule has 0 N–H and O–H groups in total. The SMILES string of the molecule is CC#CCCC(CC)CN1CC(CCCc2cccc(C)c2)COc2ccc(C(=O)OC)cc21. The summed E-state index contributed by atoms with van der Waals surface area (Å²) >= 11 is 0. The summed E-state index contributed by atoms with van der Waals surface area (Å²) in [7, 11) is 1.43. The lowest BCUT2D eigenvalue weighted by Gasteiger charge is -2.30. The largest absolute Gasteiger partial charge is 0.491 e. The number of rotatable bonds is 10. The van der Waals surface area contributed by atoms with Gasteiger partial charge in [-0.05, 0) is 69.2 Å². The van der Waals surface area contributed by atoms with Crippen molar-refractivity contribution < 1.29 is 14.3 Å². The van der Waals surface area contributed by atoms with Crippen LogP contribution in [-0.4, -0.2) is 32.8 Å². The Hall–Kier alpha value is -2.93. The predicted octanol–water partition coefficient (Wildman–Crippen LogP) is 6.45. The van der Waals surface area contributed by atoms with Gasteiger partial charge in [0, 0.05) is 25.4 Å². The molecular formula is C30H39NO3. The molecule has 0 saturated heterocycles. The molecule has 0 amide bonds. The van der Waals surface area contributed by atoms with E-state index in [-0.39, 0.29) is 5.97 Å². The maximum absolute atomic E-state index is 12.2. The topological polar surface area (TPSA) is 38.8 Å². The van der Waals surface area contributed by atoms with Crippen LogP contribution < -0.4 is 9.64 Å². The Morgan fingerprint density at radius 2 is 2.12 bits per heavy atom. The van der Waals surface area contributed by atoms with Crippen LogP contribution in [0.25, 0.3) is 0 Å². The van der Waals surface area contributed by atoms with Gasteiger partial charge in [-0.2, -0.15) is 0 Å². The lowest BCUT2D eigenvalue weighted by Crippen LogP contribution is -2.34. The second kappa shape index (κ2) is 13.1. The normalized spacial score (nSPS) is 15.9. The maximum Gasteiger partial charge on any atom is 0.337 e. The van der Waals surface area contributed by atoms with E-state index in [0.29, 0.717) is 24.0 Å². The molecule has 0 radical (unpaired) electrons. The van der Waals surface area contributed by atoms with E-state index in [1.165, 1.54) is 18.2 Å². The fraction of sp³-hybridized carbons (Fsp3) is 0.500. The third kappa shape index (κ3) is 7.29. The van der Waals surface area contributed by atoms with E-state index in [0.717, 1.165) is 63.1 Å². The number of aryl methyl sites for hydroxylation is 2. The molecular weight excluding hydrogens is 422 g/mol. The lowest BCUT2D eigenvalue weighted by atomic mass is 9.96. The van der Waals surface area contributed by atoms with E-state index in [2.05, 4.69) is 54.9 Å². The summed E-state index contributed by atoms with van der Waals surface area (Å²) in [6.07, 6.45) is 6.45. The van der Waals surface area contributed by atoms with Crippen LogP contribution in [0.15, 0.2) is 42.5 Å². The van der Waals surface area contributed by atoms with Gasteiger partial charge in [-0.25, -0.2) is 4.79 Å². The van der Waals surface area contributed by atoms with Gasteiger partial charge in [-0.3, -0.25) is 0 Å². The Morgan fingerprint density at radius 3 is 2.85 bits per heavy atom. The van der Waals surface area contributed by atoms with Gasteiger partial charge in [0.1, 0.15) is 5.75 Å². The molecule has 0 fully saturated rings. The van der Waals surface area contributed by atoms with E-state index < -0.39 is 0 Å². The molecule has 3 rings (SSSR count). The number of nitrogens with zero attached hydrogens (tertiary/aromatic N) is 1. The average molecular weight is 462 g/mol. The molecule has 0 spiro atoms. The van der Waals surface area contributed by atoms with Crippen molar-refractivity contribution in [1.82, 2.24) is 0 Å². The van der Waals surface area contributed by atoms with Crippen molar-refractivity contribution in [2.24, 2.45) is 11.8 Å². The molecule has 1 aliphatic heterocycles. The maximum atomic E-state index is 12.2. The van der Waals surface area contributed by atoms with Gasteiger partial charge in [-0.15, -0.1) is 11.8 Å². The van der Waals surface area contributed by atoms with Crippen molar-refractivity contribution in [2.45, 2.75) is 59.3 Å². The standard InChI is InChI=1S/C30H39NO3/c1-5-7-8-12-24(6-2)20-31-21-26(15-10-14-25-13-9-11-23(3)18-25)22-34-29-17-16-27(19-28(29)31)30(32)33-4/h9,11,13,16-19,24,26H,6,8,10,12,14-15,20-22H2,1-4H3. The molecule has 4 heteroatoms. The zero-order valence-electron chi connectivity index (χ0n) is 21.2. The number of carbonyl (C=O) groups excluding carboxylic acids is 1. The average Bonchev–Trinajstić information content (AvgIpc) is 3.02. The summed E-state index contributed by atoms with van der Waals surface area (Å²) in [4.78, 5) is 14.7. The van der Waals surface area contributed by atoms with Crippen molar-refractivity contribution in [2.75, 3.05) is 31.7 Å². The molecule has 182 valence electrons. The van der Waals surface area contributed by atoms with Crippen LogP contribution in [0.5, 0.6) is 5.75 Å². The first-order chi connectivity index (χ1) is 16.5. The molecule has 2 aromatic carbocycles. The molecule has 0 aliphatic carbocycles. The summed E-state index contributed by atoms with van der Waals surface area (Å²) in [5, 5.41) is 0. The van der Waals surface area contributed by atoms with Crippen LogP contribution in [0, 0.1) is 30.6 Å². The third-order valence-corrected chi connectivity index (χ3v) is 6.74. The molecule has 2 atom stereocenters. The molecule has 4 nitrogen and oxygen atoms in total. The molecule has 34 heavy (non-hydrogen) atoms.